The fraction of sp³-hybridized carbons (Fsp3) is 0.250. The van der Waals surface area contributed by atoms with Crippen LogP contribution >= 0.6 is 0 Å². The third-order valence-electron chi connectivity index (χ3n) is 7.58. The van der Waals surface area contributed by atoms with Crippen molar-refractivity contribution in [2.45, 2.75) is 44.6 Å². The zero-order valence-electron chi connectivity index (χ0n) is 23.6. The number of likely N-dealkylation sites (tertiary alicyclic amines) is 1. The van der Waals surface area contributed by atoms with Crippen LogP contribution in [0.5, 0.6) is 5.88 Å². The minimum atomic E-state index is -3.95. The van der Waals surface area contributed by atoms with Crippen molar-refractivity contribution in [1.82, 2.24) is 15.0 Å². The summed E-state index contributed by atoms with van der Waals surface area (Å²) >= 11 is 0. The highest BCUT2D eigenvalue weighted by Gasteiger charge is 2.25. The predicted octanol–water partition coefficient (Wildman–Crippen LogP) is 6.43. The van der Waals surface area contributed by atoms with E-state index in [0.29, 0.717) is 27.9 Å². The number of rotatable bonds is 8. The van der Waals surface area contributed by atoms with Crippen LogP contribution in [0.4, 0.5) is 11.4 Å². The molecule has 1 fully saturated rings. The Labute approximate surface area is 244 Å². The molecule has 42 heavy (non-hydrogen) atoms. The van der Waals surface area contributed by atoms with E-state index in [2.05, 4.69) is 31.9 Å². The van der Waals surface area contributed by atoms with Gasteiger partial charge in [-0.1, -0.05) is 54.0 Å². The van der Waals surface area contributed by atoms with E-state index >= 15 is 0 Å². The van der Waals surface area contributed by atoms with E-state index in [1.165, 1.54) is 24.8 Å². The van der Waals surface area contributed by atoms with Crippen LogP contribution in [-0.2, 0) is 16.6 Å². The molecule has 0 radical (unpaired) electrons. The van der Waals surface area contributed by atoms with Gasteiger partial charge in [0.05, 0.1) is 17.0 Å². The van der Waals surface area contributed by atoms with Crippen molar-refractivity contribution in [2.24, 2.45) is 4.99 Å². The van der Waals surface area contributed by atoms with Gasteiger partial charge in [0.2, 0.25) is 0 Å². The molecule has 0 amide bonds. The third-order valence-corrected chi connectivity index (χ3v) is 9.21. The van der Waals surface area contributed by atoms with Crippen LogP contribution in [-0.4, -0.2) is 47.4 Å². The second-order valence-electron chi connectivity index (χ2n) is 10.7. The Hall–Kier alpha value is -4.41. The van der Waals surface area contributed by atoms with Crippen molar-refractivity contribution in [3.05, 3.63) is 101 Å². The number of aliphatic imine (C=N–C) groups is 1. The minimum absolute atomic E-state index is 0.00927. The number of H-pyrrole nitrogens is 1. The average molecular weight is 584 g/mol. The molecule has 0 atom stereocenters. The van der Waals surface area contributed by atoms with Crippen molar-refractivity contribution >= 4 is 38.0 Å². The molecule has 0 unspecified atom stereocenters. The molecule has 1 aliphatic rings. The van der Waals surface area contributed by atoms with E-state index < -0.39 is 10.0 Å². The molecule has 0 bridgehead atoms. The summed E-state index contributed by atoms with van der Waals surface area (Å²) < 4.78 is 34.1. The van der Waals surface area contributed by atoms with Crippen molar-refractivity contribution in [3.63, 3.8) is 0 Å². The summed E-state index contributed by atoms with van der Waals surface area (Å²) in [4.78, 5) is 10.5. The Balaban J connectivity index is 1.38. The molecule has 3 heterocycles. The number of nitrogens with one attached hydrogen (secondary N) is 2. The maximum atomic E-state index is 13.2. The number of hydrogen-bond acceptors (Lipinski definition) is 7. The maximum Gasteiger partial charge on any atom is 0.267 e. The number of sulfonamides is 1. The fourth-order valence-corrected chi connectivity index (χ4v) is 6.97. The number of aromatic hydroxyl groups is 1. The van der Waals surface area contributed by atoms with Gasteiger partial charge in [-0.25, -0.2) is 13.4 Å². The van der Waals surface area contributed by atoms with E-state index in [1.807, 2.05) is 42.5 Å². The standard InChI is InChI=1S/C32H33N5O4S/c1-21-31(22(2)41-35-21)42(39,40)36-26-15-16-28-27(19-26)29(32(38)34-28)30(24-9-5-3-6-10-24)33-25-13-11-23(12-14-25)20-37-17-7-4-8-18-37/h3,5-6,9-16,19,34,36,38H,4,7-8,17-18,20H2,1-2H3. The number of hydrogen-bond donors (Lipinski definition) is 3. The maximum absolute atomic E-state index is 13.2. The highest BCUT2D eigenvalue weighted by molar-refractivity contribution is 7.92. The van der Waals surface area contributed by atoms with E-state index in [4.69, 9.17) is 9.52 Å². The van der Waals surface area contributed by atoms with Gasteiger partial charge < -0.3 is 14.6 Å². The largest absolute Gasteiger partial charge is 0.494 e. The van der Waals surface area contributed by atoms with Gasteiger partial charge in [-0.15, -0.1) is 0 Å². The first-order valence-electron chi connectivity index (χ1n) is 14.0. The van der Waals surface area contributed by atoms with Crippen molar-refractivity contribution in [2.75, 3.05) is 17.8 Å². The number of aromatic nitrogens is 2. The average Bonchev–Trinajstić information content (AvgIpc) is 3.50. The molecular weight excluding hydrogens is 550 g/mol. The van der Waals surface area contributed by atoms with Crippen LogP contribution in [0.3, 0.4) is 0 Å². The summed E-state index contributed by atoms with van der Waals surface area (Å²) in [5.41, 5.74) is 5.10. The topological polar surface area (TPSA) is 124 Å². The molecule has 6 rings (SSSR count). The number of aryl methyl sites for hydroxylation is 2. The Morgan fingerprint density at radius 2 is 1.76 bits per heavy atom. The Morgan fingerprint density at radius 3 is 2.45 bits per heavy atom. The molecule has 1 aliphatic heterocycles. The Kier molecular flexibility index (Phi) is 7.57. The highest BCUT2D eigenvalue weighted by atomic mass is 32.2. The van der Waals surface area contributed by atoms with Gasteiger partial charge in [0.25, 0.3) is 10.0 Å². The third kappa shape index (κ3) is 5.68. The highest BCUT2D eigenvalue weighted by Crippen LogP contribution is 2.34. The molecule has 0 aliphatic carbocycles. The zero-order valence-corrected chi connectivity index (χ0v) is 24.4. The second-order valence-corrected chi connectivity index (χ2v) is 12.3. The smallest absolute Gasteiger partial charge is 0.267 e. The minimum Gasteiger partial charge on any atom is -0.494 e. The second kappa shape index (κ2) is 11.5. The molecule has 10 heteroatoms. The molecule has 2 aromatic heterocycles. The van der Waals surface area contributed by atoms with E-state index in [9.17, 15) is 13.5 Å². The predicted molar refractivity (Wildman–Crippen MR) is 164 cm³/mol. The van der Waals surface area contributed by atoms with Gasteiger partial charge in [0, 0.05) is 28.7 Å². The molecule has 3 N–H and O–H groups in total. The molecule has 0 spiro atoms. The lowest BCUT2D eigenvalue weighted by Gasteiger charge is -2.26. The number of nitrogens with zero attached hydrogens (tertiary/aromatic N) is 3. The lowest BCUT2D eigenvalue weighted by atomic mass is 10.0. The van der Waals surface area contributed by atoms with Crippen molar-refractivity contribution < 1.29 is 18.0 Å². The number of fused-ring (bicyclic) bond motifs is 1. The lowest BCUT2D eigenvalue weighted by molar-refractivity contribution is 0.221. The van der Waals surface area contributed by atoms with Crippen LogP contribution < -0.4 is 4.72 Å². The summed E-state index contributed by atoms with van der Waals surface area (Å²) in [6.07, 6.45) is 3.81. The van der Waals surface area contributed by atoms with Crippen LogP contribution in [0.15, 0.2) is 87.2 Å². The zero-order chi connectivity index (χ0) is 29.3. The molecule has 5 aromatic rings. The Bertz CT molecular complexity index is 1830. The van der Waals surface area contributed by atoms with Crippen molar-refractivity contribution in [1.29, 1.82) is 0 Å². The normalized spacial score (nSPS) is 14.9. The lowest BCUT2D eigenvalue weighted by Crippen LogP contribution is -2.28. The van der Waals surface area contributed by atoms with Gasteiger partial charge in [0.15, 0.2) is 16.5 Å². The van der Waals surface area contributed by atoms with Crippen LogP contribution in [0.2, 0.25) is 0 Å². The Morgan fingerprint density at radius 1 is 1.02 bits per heavy atom. The number of aromatic amines is 1. The van der Waals surface area contributed by atoms with Crippen molar-refractivity contribution in [3.8, 4) is 5.88 Å². The monoisotopic (exact) mass is 583 g/mol. The van der Waals surface area contributed by atoms with Gasteiger partial charge in [-0.3, -0.25) is 9.62 Å². The van der Waals surface area contributed by atoms with Gasteiger partial charge in [-0.2, -0.15) is 0 Å². The first kappa shape index (κ1) is 27.7. The van der Waals surface area contributed by atoms with Crippen LogP contribution in [0, 0.1) is 13.8 Å². The van der Waals surface area contributed by atoms with Gasteiger partial charge in [0.1, 0.15) is 5.69 Å². The number of anilines is 1. The molecule has 216 valence electrons. The summed E-state index contributed by atoms with van der Waals surface area (Å²) in [5, 5.41) is 15.5. The quantitative estimate of drug-likeness (QED) is 0.181. The summed E-state index contributed by atoms with van der Waals surface area (Å²) in [6, 6.07) is 22.9. The molecule has 9 nitrogen and oxygen atoms in total. The van der Waals surface area contributed by atoms with E-state index in [0.717, 1.165) is 30.9 Å². The SMILES string of the molecule is Cc1noc(C)c1S(=O)(=O)Nc1ccc2[nH]c(O)c(C(=Nc3ccc(CN4CCCCC4)cc3)c3ccccc3)c2c1. The van der Waals surface area contributed by atoms with E-state index in [-0.39, 0.29) is 22.2 Å². The summed E-state index contributed by atoms with van der Waals surface area (Å²) in [6.45, 7) is 6.33. The first-order valence-corrected chi connectivity index (χ1v) is 15.5. The molecular formula is C32H33N5O4S. The fourth-order valence-electron chi connectivity index (χ4n) is 5.59. The van der Waals surface area contributed by atoms with E-state index in [1.54, 1.807) is 32.0 Å². The molecule has 3 aromatic carbocycles. The number of benzene rings is 3. The van der Waals surface area contributed by atoms with Crippen LogP contribution in [0.25, 0.3) is 10.9 Å². The first-order chi connectivity index (χ1) is 20.3. The van der Waals surface area contributed by atoms with Gasteiger partial charge >= 0.3 is 0 Å². The molecule has 1 saturated heterocycles. The number of piperidine rings is 1. The molecule has 0 saturated carbocycles. The van der Waals surface area contributed by atoms with Crippen LogP contribution in [0.1, 0.15) is 47.4 Å². The summed E-state index contributed by atoms with van der Waals surface area (Å²) in [5.74, 6) is 0.154. The van der Waals surface area contributed by atoms with Gasteiger partial charge in [-0.05, 0) is 75.7 Å². The summed E-state index contributed by atoms with van der Waals surface area (Å²) in [7, 11) is -3.95.